The molecule has 2 aromatic heterocycles. The summed E-state index contributed by atoms with van der Waals surface area (Å²) in [6.07, 6.45) is 3.69. The summed E-state index contributed by atoms with van der Waals surface area (Å²) in [5.41, 5.74) is 5.40. The second-order valence-electron chi connectivity index (χ2n) is 8.74. The highest BCUT2D eigenvalue weighted by Crippen LogP contribution is 2.42. The van der Waals surface area contributed by atoms with E-state index >= 15 is 0 Å². The number of carbonyl (C=O) groups is 1. The van der Waals surface area contributed by atoms with Crippen LogP contribution in [-0.2, 0) is 6.54 Å². The molecule has 0 aliphatic carbocycles. The minimum Gasteiger partial charge on any atom is -0.487 e. The van der Waals surface area contributed by atoms with E-state index in [9.17, 15) is 4.79 Å². The molecule has 9 nitrogen and oxygen atoms in total. The van der Waals surface area contributed by atoms with E-state index in [1.165, 1.54) is 0 Å². The molecule has 0 spiro atoms. The Morgan fingerprint density at radius 1 is 1.03 bits per heavy atom. The normalized spacial score (nSPS) is 17.0. The van der Waals surface area contributed by atoms with Gasteiger partial charge in [-0.15, -0.1) is 0 Å². The van der Waals surface area contributed by atoms with Crippen LogP contribution in [-0.4, -0.2) is 62.3 Å². The summed E-state index contributed by atoms with van der Waals surface area (Å²) in [4.78, 5) is 26.3. The summed E-state index contributed by atoms with van der Waals surface area (Å²) in [6, 6.07) is 9.99. The monoisotopic (exact) mass is 457 g/mol. The zero-order valence-corrected chi connectivity index (χ0v) is 19.1. The molecule has 0 radical (unpaired) electrons. The molecule has 3 N–H and O–H groups in total. The number of hydrogen-bond donors (Lipinski definition) is 3. The van der Waals surface area contributed by atoms with Crippen molar-refractivity contribution in [1.82, 2.24) is 20.6 Å². The molecule has 6 rings (SSSR count). The lowest BCUT2D eigenvalue weighted by atomic mass is 9.95. The van der Waals surface area contributed by atoms with E-state index in [4.69, 9.17) is 4.74 Å². The van der Waals surface area contributed by atoms with Crippen LogP contribution in [0.4, 0.5) is 23.0 Å². The minimum atomic E-state index is -0.0854. The molecule has 0 bridgehead atoms. The topological polar surface area (TPSA) is 94.6 Å². The van der Waals surface area contributed by atoms with Crippen LogP contribution in [0, 0.1) is 0 Å². The first-order valence-corrected chi connectivity index (χ1v) is 11.6. The summed E-state index contributed by atoms with van der Waals surface area (Å²) in [6.45, 7) is 5.79. The molecule has 0 unspecified atom stereocenters. The van der Waals surface area contributed by atoms with Crippen LogP contribution >= 0.6 is 0 Å². The highest BCUT2D eigenvalue weighted by Gasteiger charge is 2.29. The van der Waals surface area contributed by atoms with E-state index in [1.54, 1.807) is 6.20 Å². The molecule has 1 amide bonds. The number of pyridine rings is 2. The predicted octanol–water partition coefficient (Wildman–Crippen LogP) is 2.37. The Morgan fingerprint density at radius 2 is 1.91 bits per heavy atom. The maximum atomic E-state index is 12.8. The van der Waals surface area contributed by atoms with Crippen molar-refractivity contribution in [1.29, 1.82) is 0 Å². The summed E-state index contributed by atoms with van der Waals surface area (Å²) in [7, 11) is 2.01. The number of likely N-dealkylation sites (N-methyl/N-ethyl adjacent to an activating group) is 1. The lowest BCUT2D eigenvalue weighted by molar-refractivity contribution is 0.0966. The van der Waals surface area contributed by atoms with Crippen molar-refractivity contribution < 1.29 is 9.53 Å². The maximum absolute atomic E-state index is 12.8. The van der Waals surface area contributed by atoms with Crippen molar-refractivity contribution in [3.05, 3.63) is 53.9 Å². The number of piperazine rings is 1. The molecule has 1 aromatic carbocycles. The Hall–Kier alpha value is -3.85. The standard InChI is InChI=1S/C25H27N7O2/c1-31-12-13-34-23-18(6-7-27-24(23)31)17-3-4-20(22-19(17)15-29-25(22)33)30-21-5-2-16(14-28-21)32-10-8-26-9-11-32/h2-7,14,26H,8-13,15H2,1H3,(H,28,30)(H,29,33). The highest BCUT2D eigenvalue weighted by molar-refractivity contribution is 6.06. The number of carbonyl (C=O) groups excluding carboxylic acids is 1. The average molecular weight is 458 g/mol. The van der Waals surface area contributed by atoms with Crippen LogP contribution in [0.25, 0.3) is 11.1 Å². The van der Waals surface area contributed by atoms with Gasteiger partial charge in [-0.1, -0.05) is 6.07 Å². The number of amides is 1. The fraction of sp³-hybridized carbons (Fsp3) is 0.320. The molecule has 0 atom stereocenters. The van der Waals surface area contributed by atoms with Gasteiger partial charge in [0, 0.05) is 51.5 Å². The van der Waals surface area contributed by atoms with Gasteiger partial charge in [-0.3, -0.25) is 4.79 Å². The first-order chi connectivity index (χ1) is 16.7. The number of fused-ring (bicyclic) bond motifs is 2. The lowest BCUT2D eigenvalue weighted by Crippen LogP contribution is -2.43. The van der Waals surface area contributed by atoms with E-state index < -0.39 is 0 Å². The van der Waals surface area contributed by atoms with Crippen LogP contribution < -0.4 is 30.5 Å². The first kappa shape index (κ1) is 20.7. The van der Waals surface area contributed by atoms with Gasteiger partial charge >= 0.3 is 0 Å². The number of nitrogens with zero attached hydrogens (tertiary/aromatic N) is 4. The summed E-state index contributed by atoms with van der Waals surface area (Å²) in [5.74, 6) is 2.21. The van der Waals surface area contributed by atoms with E-state index in [1.807, 2.05) is 37.5 Å². The number of hydrogen-bond acceptors (Lipinski definition) is 8. The van der Waals surface area contributed by atoms with Crippen molar-refractivity contribution in [2.75, 3.05) is 61.5 Å². The van der Waals surface area contributed by atoms with Gasteiger partial charge in [-0.2, -0.15) is 0 Å². The lowest BCUT2D eigenvalue weighted by Gasteiger charge is -2.29. The number of benzene rings is 1. The minimum absolute atomic E-state index is 0.0854. The van der Waals surface area contributed by atoms with Crippen LogP contribution in [0.3, 0.4) is 0 Å². The molecule has 1 saturated heterocycles. The molecular weight excluding hydrogens is 430 g/mol. The van der Waals surface area contributed by atoms with Gasteiger partial charge in [-0.25, -0.2) is 9.97 Å². The van der Waals surface area contributed by atoms with Crippen molar-refractivity contribution in [2.24, 2.45) is 0 Å². The third-order valence-corrected chi connectivity index (χ3v) is 6.67. The van der Waals surface area contributed by atoms with Crippen molar-refractivity contribution >= 4 is 28.9 Å². The fourth-order valence-electron chi connectivity index (χ4n) is 4.87. The van der Waals surface area contributed by atoms with E-state index in [0.717, 1.165) is 72.4 Å². The molecule has 34 heavy (non-hydrogen) atoms. The van der Waals surface area contributed by atoms with Gasteiger partial charge in [-0.05, 0) is 35.4 Å². The summed E-state index contributed by atoms with van der Waals surface area (Å²) >= 11 is 0. The molecule has 3 aromatic rings. The Labute approximate surface area is 198 Å². The van der Waals surface area contributed by atoms with Crippen molar-refractivity contribution in [3.8, 4) is 16.9 Å². The van der Waals surface area contributed by atoms with Crippen LogP contribution in [0.5, 0.6) is 5.75 Å². The molecule has 3 aliphatic heterocycles. The fourth-order valence-corrected chi connectivity index (χ4v) is 4.87. The van der Waals surface area contributed by atoms with Crippen molar-refractivity contribution in [2.45, 2.75) is 6.54 Å². The van der Waals surface area contributed by atoms with Gasteiger partial charge in [0.25, 0.3) is 5.91 Å². The number of nitrogens with one attached hydrogen (secondary N) is 3. The zero-order chi connectivity index (χ0) is 23.1. The average Bonchev–Trinajstić information content (AvgIpc) is 3.27. The third kappa shape index (κ3) is 3.58. The Balaban J connectivity index is 1.33. The van der Waals surface area contributed by atoms with Gasteiger partial charge in [0.2, 0.25) is 0 Å². The molecular formula is C25H27N7O2. The molecule has 5 heterocycles. The number of anilines is 4. The van der Waals surface area contributed by atoms with Crippen LogP contribution in [0.15, 0.2) is 42.7 Å². The smallest absolute Gasteiger partial charge is 0.254 e. The summed E-state index contributed by atoms with van der Waals surface area (Å²) in [5, 5.41) is 9.71. The van der Waals surface area contributed by atoms with E-state index in [0.29, 0.717) is 24.5 Å². The maximum Gasteiger partial charge on any atom is 0.254 e. The van der Waals surface area contributed by atoms with Crippen molar-refractivity contribution in [3.63, 3.8) is 0 Å². The number of rotatable bonds is 4. The zero-order valence-electron chi connectivity index (χ0n) is 19.1. The second kappa shape index (κ2) is 8.49. The van der Waals surface area contributed by atoms with Crippen LogP contribution in [0.2, 0.25) is 0 Å². The molecule has 3 aliphatic rings. The molecule has 9 heteroatoms. The SMILES string of the molecule is CN1CCOc2c(-c3ccc(Nc4ccc(N5CCNCC5)cn4)c4c3CNC4=O)ccnc21. The van der Waals surface area contributed by atoms with E-state index in [-0.39, 0.29) is 5.91 Å². The van der Waals surface area contributed by atoms with Gasteiger partial charge in [0.05, 0.1) is 29.7 Å². The molecule has 1 fully saturated rings. The Bertz CT molecular complexity index is 1240. The Morgan fingerprint density at radius 3 is 2.74 bits per heavy atom. The van der Waals surface area contributed by atoms with Gasteiger partial charge in [0.15, 0.2) is 11.6 Å². The molecule has 174 valence electrons. The largest absolute Gasteiger partial charge is 0.487 e. The third-order valence-electron chi connectivity index (χ3n) is 6.67. The first-order valence-electron chi connectivity index (χ1n) is 11.6. The number of aromatic nitrogens is 2. The quantitative estimate of drug-likeness (QED) is 0.550. The van der Waals surface area contributed by atoms with Gasteiger partial charge in [0.1, 0.15) is 12.4 Å². The predicted molar refractivity (Wildman–Crippen MR) is 132 cm³/mol. The van der Waals surface area contributed by atoms with Gasteiger partial charge < -0.3 is 30.5 Å². The van der Waals surface area contributed by atoms with Crippen LogP contribution in [0.1, 0.15) is 15.9 Å². The number of ether oxygens (including phenoxy) is 1. The van der Waals surface area contributed by atoms with E-state index in [2.05, 4.69) is 41.8 Å². The summed E-state index contributed by atoms with van der Waals surface area (Å²) < 4.78 is 6.01. The second-order valence-corrected chi connectivity index (χ2v) is 8.74. The molecule has 0 saturated carbocycles. The highest BCUT2D eigenvalue weighted by atomic mass is 16.5. The Kier molecular flexibility index (Phi) is 5.18.